The van der Waals surface area contributed by atoms with Crippen molar-refractivity contribution in [3.8, 4) is 0 Å². The van der Waals surface area contributed by atoms with Crippen molar-refractivity contribution in [3.63, 3.8) is 0 Å². The number of carboxylic acid groups (broad SMARTS) is 1. The van der Waals surface area contributed by atoms with Crippen LogP contribution in [0.4, 0.5) is 5.69 Å². The molecule has 0 spiro atoms. The number of carbonyl (C=O) groups is 3. The number of nitrogens with zero attached hydrogens (tertiary/aromatic N) is 1. The van der Waals surface area contributed by atoms with E-state index in [2.05, 4.69) is 10.9 Å². The number of rotatable bonds is 4. The molecule has 2 atom stereocenters. The van der Waals surface area contributed by atoms with E-state index in [-0.39, 0.29) is 24.1 Å². The summed E-state index contributed by atoms with van der Waals surface area (Å²) in [7, 11) is 0. The Bertz CT molecular complexity index is 715. The summed E-state index contributed by atoms with van der Waals surface area (Å²) >= 11 is 0. The first-order valence-corrected chi connectivity index (χ1v) is 7.12. The molecule has 0 aliphatic heterocycles. The van der Waals surface area contributed by atoms with Crippen molar-refractivity contribution in [2.24, 2.45) is 11.8 Å². The lowest BCUT2D eigenvalue weighted by atomic mass is 9.82. The lowest BCUT2D eigenvalue weighted by Gasteiger charge is -2.24. The molecular weight excluding hydrogens is 318 g/mol. The van der Waals surface area contributed by atoms with Gasteiger partial charge in [-0.2, -0.15) is 0 Å². The van der Waals surface area contributed by atoms with Gasteiger partial charge in [-0.25, -0.2) is 0 Å². The largest absolute Gasteiger partial charge is 0.481 e. The second-order valence-electron chi connectivity index (χ2n) is 5.24. The number of allylic oxidation sites excluding steroid dienone is 2. The summed E-state index contributed by atoms with van der Waals surface area (Å²) in [5.74, 6) is -4.08. The van der Waals surface area contributed by atoms with Crippen LogP contribution in [0.1, 0.15) is 23.2 Å². The SMILES string of the molecule is O=C(NNC(=O)[C@@H]1CC=CC[C@H]1C(=O)O)c1cccc([N+](=O)[O-])c1. The highest BCUT2D eigenvalue weighted by atomic mass is 16.6. The van der Waals surface area contributed by atoms with Crippen molar-refractivity contribution in [2.45, 2.75) is 12.8 Å². The fourth-order valence-corrected chi connectivity index (χ4v) is 2.42. The van der Waals surface area contributed by atoms with Crippen LogP contribution in [0, 0.1) is 22.0 Å². The molecule has 1 aromatic carbocycles. The van der Waals surface area contributed by atoms with Gasteiger partial charge in [0.2, 0.25) is 5.91 Å². The zero-order valence-electron chi connectivity index (χ0n) is 12.5. The van der Waals surface area contributed by atoms with Crippen molar-refractivity contribution in [1.82, 2.24) is 10.9 Å². The van der Waals surface area contributed by atoms with Gasteiger partial charge in [0.15, 0.2) is 0 Å². The van der Waals surface area contributed by atoms with Crippen molar-refractivity contribution in [3.05, 3.63) is 52.1 Å². The molecule has 0 saturated carbocycles. The van der Waals surface area contributed by atoms with Crippen molar-refractivity contribution in [2.75, 3.05) is 0 Å². The number of hydrazine groups is 1. The summed E-state index contributed by atoms with van der Waals surface area (Å²) in [4.78, 5) is 45.3. The Hall–Kier alpha value is -3.23. The predicted molar refractivity (Wildman–Crippen MR) is 81.7 cm³/mol. The molecule has 126 valence electrons. The number of amides is 2. The number of aliphatic carboxylic acids is 1. The number of benzene rings is 1. The Labute approximate surface area is 136 Å². The third-order valence-electron chi connectivity index (χ3n) is 3.70. The molecule has 1 aliphatic carbocycles. The van der Waals surface area contributed by atoms with Crippen LogP contribution in [0.3, 0.4) is 0 Å². The number of nitro benzene ring substituents is 1. The van der Waals surface area contributed by atoms with Crippen molar-refractivity contribution >= 4 is 23.5 Å². The molecule has 2 amide bonds. The average molecular weight is 333 g/mol. The van der Waals surface area contributed by atoms with E-state index in [1.165, 1.54) is 18.2 Å². The van der Waals surface area contributed by atoms with Gasteiger partial charge in [-0.15, -0.1) is 0 Å². The van der Waals surface area contributed by atoms with Crippen LogP contribution in [-0.4, -0.2) is 27.8 Å². The van der Waals surface area contributed by atoms with E-state index in [9.17, 15) is 24.5 Å². The normalized spacial score (nSPS) is 19.3. The van der Waals surface area contributed by atoms with Crippen LogP contribution < -0.4 is 10.9 Å². The summed E-state index contributed by atoms with van der Waals surface area (Å²) in [6, 6.07) is 5.02. The summed E-state index contributed by atoms with van der Waals surface area (Å²) in [5.41, 5.74) is 4.07. The summed E-state index contributed by atoms with van der Waals surface area (Å²) in [5, 5.41) is 19.8. The predicted octanol–water partition coefficient (Wildman–Crippen LogP) is 1.02. The smallest absolute Gasteiger partial charge is 0.307 e. The van der Waals surface area contributed by atoms with Gasteiger partial charge in [0.25, 0.3) is 11.6 Å². The second kappa shape index (κ2) is 7.36. The maximum atomic E-state index is 12.1. The number of nitro groups is 1. The van der Waals surface area contributed by atoms with E-state index < -0.39 is 34.5 Å². The molecule has 0 unspecified atom stereocenters. The minimum absolute atomic E-state index is 0.00262. The van der Waals surface area contributed by atoms with Gasteiger partial charge < -0.3 is 5.11 Å². The lowest BCUT2D eigenvalue weighted by molar-refractivity contribution is -0.384. The minimum Gasteiger partial charge on any atom is -0.481 e. The third kappa shape index (κ3) is 3.94. The van der Waals surface area contributed by atoms with Crippen molar-refractivity contribution < 1.29 is 24.4 Å². The molecule has 1 aromatic rings. The van der Waals surface area contributed by atoms with E-state index in [0.29, 0.717) is 0 Å². The zero-order chi connectivity index (χ0) is 17.7. The summed E-state index contributed by atoms with van der Waals surface area (Å²) in [6.07, 6.45) is 3.91. The number of hydrogen-bond donors (Lipinski definition) is 3. The number of carbonyl (C=O) groups excluding carboxylic acids is 2. The summed E-state index contributed by atoms with van der Waals surface area (Å²) < 4.78 is 0. The Morgan fingerprint density at radius 1 is 1.12 bits per heavy atom. The zero-order valence-corrected chi connectivity index (χ0v) is 12.5. The Kier molecular flexibility index (Phi) is 5.25. The first-order chi connectivity index (χ1) is 11.4. The number of non-ortho nitro benzene ring substituents is 1. The number of carboxylic acids is 1. The van der Waals surface area contributed by atoms with Gasteiger partial charge in [0, 0.05) is 17.7 Å². The van der Waals surface area contributed by atoms with Gasteiger partial charge in [0.1, 0.15) is 0 Å². The number of hydrogen-bond acceptors (Lipinski definition) is 5. The first kappa shape index (κ1) is 17.1. The van der Waals surface area contributed by atoms with E-state index in [1.807, 2.05) is 0 Å². The molecule has 0 bridgehead atoms. The monoisotopic (exact) mass is 333 g/mol. The molecule has 1 aliphatic rings. The van der Waals surface area contributed by atoms with Gasteiger partial charge >= 0.3 is 5.97 Å². The maximum Gasteiger partial charge on any atom is 0.307 e. The fraction of sp³-hybridized carbons (Fsp3) is 0.267. The number of nitrogens with one attached hydrogen (secondary N) is 2. The molecule has 0 saturated heterocycles. The van der Waals surface area contributed by atoms with Gasteiger partial charge in [-0.05, 0) is 18.9 Å². The van der Waals surface area contributed by atoms with Crippen molar-refractivity contribution in [1.29, 1.82) is 0 Å². The van der Waals surface area contributed by atoms with E-state index in [4.69, 9.17) is 5.11 Å². The van der Waals surface area contributed by atoms with Crippen LogP contribution in [0.5, 0.6) is 0 Å². The standard InChI is InChI=1S/C15H15N3O6/c19-13(9-4-3-5-10(8-9)18(23)24)16-17-14(20)11-6-1-2-7-12(11)15(21)22/h1-5,8,11-12H,6-7H2,(H,16,19)(H,17,20)(H,21,22)/t11-,12-/m1/s1. The van der Waals surface area contributed by atoms with Gasteiger partial charge in [0.05, 0.1) is 16.8 Å². The van der Waals surface area contributed by atoms with Crippen LogP contribution in [0.2, 0.25) is 0 Å². The molecule has 2 rings (SSSR count). The van der Waals surface area contributed by atoms with E-state index in [0.717, 1.165) is 6.07 Å². The molecular formula is C15H15N3O6. The molecule has 0 radical (unpaired) electrons. The average Bonchev–Trinajstić information content (AvgIpc) is 2.59. The van der Waals surface area contributed by atoms with Gasteiger partial charge in [-0.1, -0.05) is 18.2 Å². The summed E-state index contributed by atoms with van der Waals surface area (Å²) in [6.45, 7) is 0. The highest BCUT2D eigenvalue weighted by Crippen LogP contribution is 2.25. The second-order valence-corrected chi connectivity index (χ2v) is 5.24. The first-order valence-electron chi connectivity index (χ1n) is 7.12. The fourth-order valence-electron chi connectivity index (χ4n) is 2.42. The molecule has 3 N–H and O–H groups in total. The highest BCUT2D eigenvalue weighted by Gasteiger charge is 2.34. The molecule has 9 nitrogen and oxygen atoms in total. The molecule has 0 fully saturated rings. The van der Waals surface area contributed by atoms with E-state index >= 15 is 0 Å². The highest BCUT2D eigenvalue weighted by molar-refractivity contribution is 5.96. The van der Waals surface area contributed by atoms with Crippen LogP contribution in [0.15, 0.2) is 36.4 Å². The maximum absolute atomic E-state index is 12.1. The van der Waals surface area contributed by atoms with Crippen LogP contribution in [0.25, 0.3) is 0 Å². The molecule has 0 heterocycles. The Morgan fingerprint density at radius 2 is 1.79 bits per heavy atom. The van der Waals surface area contributed by atoms with E-state index in [1.54, 1.807) is 12.2 Å². The molecule has 0 aromatic heterocycles. The topological polar surface area (TPSA) is 139 Å². The quantitative estimate of drug-likeness (QED) is 0.427. The molecule has 9 heteroatoms. The van der Waals surface area contributed by atoms with Crippen LogP contribution >= 0.6 is 0 Å². The lowest BCUT2D eigenvalue weighted by Crippen LogP contribution is -2.47. The van der Waals surface area contributed by atoms with Crippen LogP contribution in [-0.2, 0) is 9.59 Å². The Morgan fingerprint density at radius 3 is 2.42 bits per heavy atom. The minimum atomic E-state index is -1.08. The molecule has 24 heavy (non-hydrogen) atoms. The van der Waals surface area contributed by atoms with Gasteiger partial charge in [-0.3, -0.25) is 35.3 Å². The Balaban J connectivity index is 1.99. The third-order valence-corrected chi connectivity index (χ3v) is 3.70.